The average molecular weight is 297 g/mol. The number of thiophene rings is 1. The van der Waals surface area contributed by atoms with E-state index >= 15 is 0 Å². The summed E-state index contributed by atoms with van der Waals surface area (Å²) in [6.45, 7) is -0.0775. The van der Waals surface area contributed by atoms with Crippen LogP contribution in [-0.4, -0.2) is 16.0 Å². The highest BCUT2D eigenvalue weighted by Gasteiger charge is 2.15. The normalized spacial score (nSPS) is 10.2. The number of rotatable bonds is 5. The summed E-state index contributed by atoms with van der Waals surface area (Å²) in [5, 5.41) is 20.9. The van der Waals surface area contributed by atoms with Gasteiger partial charge >= 0.3 is 11.7 Å². The third-order valence-electron chi connectivity index (χ3n) is 2.43. The Bertz CT molecular complexity index is 670. The predicted octanol–water partition coefficient (Wildman–Crippen LogP) is 3.07. The van der Waals surface area contributed by atoms with Crippen LogP contribution in [0.3, 0.4) is 0 Å². The van der Waals surface area contributed by atoms with Crippen molar-refractivity contribution < 1.29 is 24.0 Å². The van der Waals surface area contributed by atoms with Gasteiger partial charge in [0, 0.05) is 6.07 Å². The fourth-order valence-corrected chi connectivity index (χ4v) is 2.19. The molecule has 0 aliphatic rings. The molecule has 6 nitrogen and oxygen atoms in total. The molecule has 0 amide bonds. The first-order valence-corrected chi connectivity index (χ1v) is 6.23. The average Bonchev–Trinajstić information content (AvgIpc) is 2.84. The first kappa shape index (κ1) is 13.9. The van der Waals surface area contributed by atoms with Gasteiger partial charge in [-0.25, -0.2) is 4.79 Å². The van der Waals surface area contributed by atoms with E-state index in [0.29, 0.717) is 5.56 Å². The quantitative estimate of drug-likeness (QED) is 0.676. The van der Waals surface area contributed by atoms with E-state index in [-0.39, 0.29) is 17.2 Å². The van der Waals surface area contributed by atoms with E-state index in [1.807, 2.05) is 0 Å². The maximum atomic E-state index is 13.4. The molecule has 1 heterocycles. The number of halogens is 1. The minimum Gasteiger partial charge on any atom is -0.487 e. The molecular formula is C12H8FNO5S. The van der Waals surface area contributed by atoms with Crippen LogP contribution in [0.4, 0.5) is 10.1 Å². The monoisotopic (exact) mass is 297 g/mol. The van der Waals surface area contributed by atoms with Crippen LogP contribution in [0.15, 0.2) is 29.6 Å². The van der Waals surface area contributed by atoms with E-state index in [4.69, 9.17) is 9.84 Å². The summed E-state index contributed by atoms with van der Waals surface area (Å²) in [5.74, 6) is -1.88. The van der Waals surface area contributed by atoms with E-state index in [0.717, 1.165) is 23.5 Å². The SMILES string of the molecule is O=C(O)c1sccc1OCc1ccc([N+](=O)[O-])c(F)c1. The largest absolute Gasteiger partial charge is 0.487 e. The molecule has 0 atom stereocenters. The van der Waals surface area contributed by atoms with Gasteiger partial charge in [-0.05, 0) is 29.1 Å². The molecule has 1 aromatic carbocycles. The molecule has 0 spiro atoms. The van der Waals surface area contributed by atoms with Gasteiger partial charge < -0.3 is 9.84 Å². The van der Waals surface area contributed by atoms with E-state index in [1.54, 1.807) is 5.38 Å². The third-order valence-corrected chi connectivity index (χ3v) is 3.31. The van der Waals surface area contributed by atoms with Gasteiger partial charge in [-0.15, -0.1) is 11.3 Å². The lowest BCUT2D eigenvalue weighted by molar-refractivity contribution is -0.387. The molecule has 1 N–H and O–H groups in total. The Kier molecular flexibility index (Phi) is 3.94. The molecule has 0 bridgehead atoms. The Morgan fingerprint density at radius 2 is 2.20 bits per heavy atom. The zero-order valence-corrected chi connectivity index (χ0v) is 10.7. The summed E-state index contributed by atoms with van der Waals surface area (Å²) in [4.78, 5) is 20.6. The number of benzene rings is 1. The second-order valence-electron chi connectivity index (χ2n) is 3.75. The van der Waals surface area contributed by atoms with Gasteiger partial charge in [-0.2, -0.15) is 4.39 Å². The lowest BCUT2D eigenvalue weighted by Gasteiger charge is -2.05. The Morgan fingerprint density at radius 1 is 1.45 bits per heavy atom. The van der Waals surface area contributed by atoms with Crippen molar-refractivity contribution in [1.29, 1.82) is 0 Å². The highest BCUT2D eigenvalue weighted by molar-refractivity contribution is 7.12. The van der Waals surface area contributed by atoms with Crippen molar-refractivity contribution in [1.82, 2.24) is 0 Å². The number of carboxylic acids is 1. The molecule has 2 aromatic rings. The highest BCUT2D eigenvalue weighted by Crippen LogP contribution is 2.26. The summed E-state index contributed by atoms with van der Waals surface area (Å²) >= 11 is 1.01. The molecular weight excluding hydrogens is 289 g/mol. The van der Waals surface area contributed by atoms with E-state index in [1.165, 1.54) is 12.1 Å². The van der Waals surface area contributed by atoms with Crippen LogP contribution in [0.25, 0.3) is 0 Å². The Balaban J connectivity index is 2.11. The number of hydrogen-bond donors (Lipinski definition) is 1. The van der Waals surface area contributed by atoms with Crippen molar-refractivity contribution in [2.45, 2.75) is 6.61 Å². The number of ether oxygens (including phenoxy) is 1. The van der Waals surface area contributed by atoms with Gasteiger partial charge in [-0.3, -0.25) is 10.1 Å². The van der Waals surface area contributed by atoms with Crippen molar-refractivity contribution in [3.63, 3.8) is 0 Å². The summed E-state index contributed by atoms with van der Waals surface area (Å²) in [7, 11) is 0. The maximum Gasteiger partial charge on any atom is 0.349 e. The number of nitro groups is 1. The number of carboxylic acid groups (broad SMARTS) is 1. The molecule has 1 aromatic heterocycles. The Morgan fingerprint density at radius 3 is 2.80 bits per heavy atom. The number of nitrogens with zero attached hydrogens (tertiary/aromatic N) is 1. The van der Waals surface area contributed by atoms with E-state index in [2.05, 4.69) is 0 Å². The zero-order valence-electron chi connectivity index (χ0n) is 9.91. The van der Waals surface area contributed by atoms with Crippen molar-refractivity contribution in [2.75, 3.05) is 0 Å². The third kappa shape index (κ3) is 2.91. The van der Waals surface area contributed by atoms with Crippen LogP contribution in [-0.2, 0) is 6.61 Å². The molecule has 20 heavy (non-hydrogen) atoms. The zero-order chi connectivity index (χ0) is 14.7. The number of hydrogen-bond acceptors (Lipinski definition) is 5. The lowest BCUT2D eigenvalue weighted by atomic mass is 10.2. The fourth-order valence-electron chi connectivity index (χ4n) is 1.52. The standard InChI is InChI=1S/C12H8FNO5S/c13-8-5-7(1-2-9(8)14(17)18)6-19-10-3-4-20-11(10)12(15)16/h1-5H,6H2,(H,15,16). The van der Waals surface area contributed by atoms with Crippen molar-refractivity contribution in [3.05, 3.63) is 56.0 Å². The first-order valence-electron chi connectivity index (χ1n) is 5.35. The summed E-state index contributed by atoms with van der Waals surface area (Å²) in [6, 6.07) is 4.88. The van der Waals surface area contributed by atoms with Crippen LogP contribution < -0.4 is 4.74 Å². The molecule has 104 valence electrons. The first-order chi connectivity index (χ1) is 9.49. The number of nitro benzene ring substituents is 1. The minimum atomic E-state index is -1.11. The van der Waals surface area contributed by atoms with Gasteiger partial charge in [0.1, 0.15) is 12.4 Å². The minimum absolute atomic E-state index is 0.0485. The topological polar surface area (TPSA) is 89.7 Å². The van der Waals surface area contributed by atoms with Crippen LogP contribution in [0.2, 0.25) is 0 Å². The smallest absolute Gasteiger partial charge is 0.349 e. The Hall–Kier alpha value is -2.48. The van der Waals surface area contributed by atoms with Gasteiger partial charge in [0.05, 0.1) is 4.92 Å². The van der Waals surface area contributed by atoms with E-state index in [9.17, 15) is 19.3 Å². The Labute approximate surface area is 116 Å². The molecule has 0 saturated carbocycles. The van der Waals surface area contributed by atoms with Crippen molar-refractivity contribution in [3.8, 4) is 5.75 Å². The van der Waals surface area contributed by atoms with Gasteiger partial charge in [0.15, 0.2) is 4.88 Å². The van der Waals surface area contributed by atoms with Crippen LogP contribution in [0, 0.1) is 15.9 Å². The summed E-state index contributed by atoms with van der Waals surface area (Å²) in [5.41, 5.74) is -0.244. The fraction of sp³-hybridized carbons (Fsp3) is 0.0833. The maximum absolute atomic E-state index is 13.4. The molecule has 0 aliphatic heterocycles. The molecule has 0 unspecified atom stereocenters. The predicted molar refractivity (Wildman–Crippen MR) is 68.7 cm³/mol. The van der Waals surface area contributed by atoms with Crippen molar-refractivity contribution in [2.24, 2.45) is 0 Å². The molecule has 0 radical (unpaired) electrons. The van der Waals surface area contributed by atoms with Gasteiger partial charge in [0.25, 0.3) is 0 Å². The van der Waals surface area contributed by atoms with Gasteiger partial charge in [0.2, 0.25) is 5.82 Å². The lowest BCUT2D eigenvalue weighted by Crippen LogP contribution is -2.01. The summed E-state index contributed by atoms with van der Waals surface area (Å²) in [6.07, 6.45) is 0. The number of aromatic carboxylic acids is 1. The highest BCUT2D eigenvalue weighted by atomic mass is 32.1. The van der Waals surface area contributed by atoms with Crippen LogP contribution in [0.1, 0.15) is 15.2 Å². The van der Waals surface area contributed by atoms with E-state index < -0.39 is 22.4 Å². The second kappa shape index (κ2) is 5.66. The molecule has 0 fully saturated rings. The van der Waals surface area contributed by atoms with Crippen LogP contribution in [0.5, 0.6) is 5.75 Å². The molecule has 8 heteroatoms. The molecule has 0 saturated heterocycles. The summed E-state index contributed by atoms with van der Waals surface area (Å²) < 4.78 is 18.7. The van der Waals surface area contributed by atoms with Gasteiger partial charge in [-0.1, -0.05) is 0 Å². The van der Waals surface area contributed by atoms with Crippen LogP contribution >= 0.6 is 11.3 Å². The number of carbonyl (C=O) groups is 1. The molecule has 0 aliphatic carbocycles. The second-order valence-corrected chi connectivity index (χ2v) is 4.67. The van der Waals surface area contributed by atoms with Crippen molar-refractivity contribution >= 4 is 23.0 Å². The molecule has 2 rings (SSSR count).